The van der Waals surface area contributed by atoms with E-state index >= 15 is 0 Å². The van der Waals surface area contributed by atoms with E-state index < -0.39 is 0 Å². The third-order valence-electron chi connectivity index (χ3n) is 4.90. The third-order valence-corrected chi connectivity index (χ3v) is 4.90. The van der Waals surface area contributed by atoms with E-state index in [9.17, 15) is 4.79 Å². The van der Waals surface area contributed by atoms with Gasteiger partial charge in [0.15, 0.2) is 11.5 Å². The van der Waals surface area contributed by atoms with Gasteiger partial charge in [-0.1, -0.05) is 12.1 Å². The molecule has 1 N–H and O–H groups in total. The summed E-state index contributed by atoms with van der Waals surface area (Å²) in [5.41, 5.74) is 1.80. The Balaban J connectivity index is 1.68. The molecule has 0 saturated carbocycles. The van der Waals surface area contributed by atoms with Crippen LogP contribution in [0.2, 0.25) is 0 Å². The first-order chi connectivity index (χ1) is 15.1. The molecular weight excluding hydrogens is 398 g/mol. The second kappa shape index (κ2) is 10.4. The summed E-state index contributed by atoms with van der Waals surface area (Å²) in [6.45, 7) is 0.423. The van der Waals surface area contributed by atoms with Gasteiger partial charge in [0.2, 0.25) is 5.91 Å². The number of anilines is 1. The van der Waals surface area contributed by atoms with Crippen LogP contribution in [0.4, 0.5) is 5.82 Å². The van der Waals surface area contributed by atoms with Gasteiger partial charge < -0.3 is 24.3 Å². The van der Waals surface area contributed by atoms with Crippen molar-refractivity contribution in [2.75, 3.05) is 33.8 Å². The summed E-state index contributed by atoms with van der Waals surface area (Å²) in [5, 5.41) is 7.26. The molecule has 0 spiro atoms. The number of amides is 1. The summed E-state index contributed by atoms with van der Waals surface area (Å²) in [6.07, 6.45) is 2.45. The minimum absolute atomic E-state index is 0.121. The van der Waals surface area contributed by atoms with E-state index in [0.29, 0.717) is 30.3 Å². The molecule has 0 aliphatic heterocycles. The van der Waals surface area contributed by atoms with Gasteiger partial charge in [-0.15, -0.1) is 0 Å². The Bertz CT molecular complexity index is 1030. The number of ether oxygens (including phenoxy) is 4. The molecule has 31 heavy (non-hydrogen) atoms. The number of para-hydroxylation sites is 1. The van der Waals surface area contributed by atoms with Crippen molar-refractivity contribution in [1.82, 2.24) is 9.78 Å². The molecule has 0 fully saturated rings. The fraction of sp³-hybridized carbons (Fsp3) is 0.304. The van der Waals surface area contributed by atoms with Gasteiger partial charge in [-0.25, -0.2) is 4.68 Å². The fourth-order valence-electron chi connectivity index (χ4n) is 3.34. The zero-order chi connectivity index (χ0) is 22.2. The maximum Gasteiger partial charge on any atom is 0.225 e. The highest BCUT2D eigenvalue weighted by molar-refractivity contribution is 5.90. The van der Waals surface area contributed by atoms with Crippen LogP contribution in [0.1, 0.15) is 17.5 Å². The van der Waals surface area contributed by atoms with Gasteiger partial charge in [0.25, 0.3) is 0 Å². The molecule has 0 radical (unpaired) electrons. The summed E-state index contributed by atoms with van der Waals surface area (Å²) < 4.78 is 23.2. The van der Waals surface area contributed by atoms with Gasteiger partial charge >= 0.3 is 0 Å². The quantitative estimate of drug-likeness (QED) is 0.535. The van der Waals surface area contributed by atoms with Crippen LogP contribution >= 0.6 is 0 Å². The number of nitrogens with one attached hydrogen (secondary N) is 1. The topological polar surface area (TPSA) is 83.8 Å². The Labute approximate surface area is 181 Å². The van der Waals surface area contributed by atoms with Crippen LogP contribution in [0.25, 0.3) is 0 Å². The Morgan fingerprint density at radius 1 is 0.935 bits per heavy atom. The Morgan fingerprint density at radius 2 is 1.74 bits per heavy atom. The second-order valence-corrected chi connectivity index (χ2v) is 6.75. The minimum atomic E-state index is -0.121. The number of carbonyl (C=O) groups excluding carboxylic acids is 1. The van der Waals surface area contributed by atoms with Crippen LogP contribution in [0.3, 0.4) is 0 Å². The Hall–Kier alpha value is -3.68. The summed E-state index contributed by atoms with van der Waals surface area (Å²) in [4.78, 5) is 12.6. The van der Waals surface area contributed by atoms with Crippen molar-refractivity contribution in [2.45, 2.75) is 19.4 Å². The molecule has 0 aliphatic rings. The SMILES string of the molecule is COc1ccc(OC)c(CCC(=O)Nc2ccnn2Cc2cccc(OC)c2OC)c1. The minimum Gasteiger partial charge on any atom is -0.497 e. The largest absolute Gasteiger partial charge is 0.497 e. The van der Waals surface area contributed by atoms with Gasteiger partial charge in [0.1, 0.15) is 17.3 Å². The van der Waals surface area contributed by atoms with Crippen molar-refractivity contribution in [3.05, 3.63) is 59.8 Å². The standard InChI is InChI=1S/C23H27N3O5/c1-28-18-9-10-19(29-2)16(14-18)8-11-22(27)25-21-12-13-24-26(21)15-17-6-5-7-20(30-3)23(17)31-4/h5-7,9-10,12-14H,8,11,15H2,1-4H3,(H,25,27). The highest BCUT2D eigenvalue weighted by Crippen LogP contribution is 2.31. The summed E-state index contributed by atoms with van der Waals surface area (Å²) in [6, 6.07) is 13.0. The molecule has 2 aromatic carbocycles. The number of hydrogen-bond acceptors (Lipinski definition) is 6. The molecule has 0 saturated heterocycles. The predicted molar refractivity (Wildman–Crippen MR) is 117 cm³/mol. The lowest BCUT2D eigenvalue weighted by Gasteiger charge is -2.14. The van der Waals surface area contributed by atoms with Gasteiger partial charge in [0, 0.05) is 18.1 Å². The van der Waals surface area contributed by atoms with Crippen LogP contribution in [-0.2, 0) is 17.8 Å². The number of rotatable bonds is 10. The van der Waals surface area contributed by atoms with Crippen molar-refractivity contribution < 1.29 is 23.7 Å². The molecule has 0 unspecified atom stereocenters. The van der Waals surface area contributed by atoms with Gasteiger partial charge in [0.05, 0.1) is 41.2 Å². The molecule has 0 atom stereocenters. The molecule has 3 aromatic rings. The molecule has 8 heteroatoms. The lowest BCUT2D eigenvalue weighted by Crippen LogP contribution is -2.17. The number of aryl methyl sites for hydroxylation is 1. The van der Waals surface area contributed by atoms with Crippen LogP contribution < -0.4 is 24.3 Å². The number of benzene rings is 2. The summed E-state index contributed by atoms with van der Waals surface area (Å²) in [5.74, 6) is 3.22. The number of aromatic nitrogens is 2. The first-order valence-electron chi connectivity index (χ1n) is 9.82. The first kappa shape index (κ1) is 22.0. The van der Waals surface area contributed by atoms with Crippen molar-refractivity contribution in [2.24, 2.45) is 0 Å². The van der Waals surface area contributed by atoms with E-state index in [-0.39, 0.29) is 12.3 Å². The summed E-state index contributed by atoms with van der Waals surface area (Å²) >= 11 is 0. The van der Waals surface area contributed by atoms with E-state index in [4.69, 9.17) is 18.9 Å². The molecule has 1 heterocycles. The molecule has 8 nitrogen and oxygen atoms in total. The lowest BCUT2D eigenvalue weighted by molar-refractivity contribution is -0.116. The monoisotopic (exact) mass is 425 g/mol. The number of carbonyl (C=O) groups is 1. The molecule has 0 bridgehead atoms. The third kappa shape index (κ3) is 5.28. The molecule has 0 aliphatic carbocycles. The first-order valence-corrected chi connectivity index (χ1v) is 9.82. The highest BCUT2D eigenvalue weighted by atomic mass is 16.5. The van der Waals surface area contributed by atoms with Crippen molar-refractivity contribution in [3.63, 3.8) is 0 Å². The second-order valence-electron chi connectivity index (χ2n) is 6.75. The number of nitrogens with zero attached hydrogens (tertiary/aromatic N) is 2. The van der Waals surface area contributed by atoms with E-state index in [1.54, 1.807) is 45.4 Å². The molecular formula is C23H27N3O5. The van der Waals surface area contributed by atoms with Crippen LogP contribution in [-0.4, -0.2) is 44.1 Å². The number of methoxy groups -OCH3 is 4. The number of hydrogen-bond donors (Lipinski definition) is 1. The van der Waals surface area contributed by atoms with E-state index in [2.05, 4.69) is 10.4 Å². The maximum atomic E-state index is 12.6. The zero-order valence-electron chi connectivity index (χ0n) is 18.2. The Kier molecular flexibility index (Phi) is 7.37. The Morgan fingerprint density at radius 3 is 2.45 bits per heavy atom. The van der Waals surface area contributed by atoms with Gasteiger partial charge in [-0.3, -0.25) is 4.79 Å². The fourth-order valence-corrected chi connectivity index (χ4v) is 3.34. The molecule has 1 amide bonds. The van der Waals surface area contributed by atoms with Crippen LogP contribution in [0.5, 0.6) is 23.0 Å². The lowest BCUT2D eigenvalue weighted by atomic mass is 10.1. The average Bonchev–Trinajstić information content (AvgIpc) is 3.23. The average molecular weight is 425 g/mol. The van der Waals surface area contributed by atoms with E-state index in [1.807, 2.05) is 36.4 Å². The van der Waals surface area contributed by atoms with E-state index in [0.717, 1.165) is 22.6 Å². The van der Waals surface area contributed by atoms with Crippen molar-refractivity contribution in [3.8, 4) is 23.0 Å². The van der Waals surface area contributed by atoms with E-state index in [1.165, 1.54) is 0 Å². The summed E-state index contributed by atoms with van der Waals surface area (Å²) in [7, 11) is 6.41. The smallest absolute Gasteiger partial charge is 0.225 e. The molecule has 164 valence electrons. The van der Waals surface area contributed by atoms with Gasteiger partial charge in [-0.2, -0.15) is 5.10 Å². The van der Waals surface area contributed by atoms with Crippen molar-refractivity contribution >= 4 is 11.7 Å². The van der Waals surface area contributed by atoms with Crippen molar-refractivity contribution in [1.29, 1.82) is 0 Å². The highest BCUT2D eigenvalue weighted by Gasteiger charge is 2.14. The normalized spacial score (nSPS) is 10.5. The molecule has 3 rings (SSSR count). The molecule has 1 aromatic heterocycles. The van der Waals surface area contributed by atoms with Crippen LogP contribution in [0.15, 0.2) is 48.7 Å². The van der Waals surface area contributed by atoms with Crippen LogP contribution in [0, 0.1) is 0 Å². The maximum absolute atomic E-state index is 12.6. The van der Waals surface area contributed by atoms with Gasteiger partial charge in [-0.05, 0) is 36.2 Å². The predicted octanol–water partition coefficient (Wildman–Crippen LogP) is 3.54. The zero-order valence-corrected chi connectivity index (χ0v) is 18.2.